The molecule has 4 rings (SSSR count). The Bertz CT molecular complexity index is 1840. The second-order valence-corrected chi connectivity index (χ2v) is 8.57. The van der Waals surface area contributed by atoms with Gasteiger partial charge in [-0.2, -0.15) is 5.26 Å². The highest BCUT2D eigenvalue weighted by atomic mass is 16.5. The quantitative estimate of drug-likeness (QED) is 0.374. The van der Waals surface area contributed by atoms with Crippen molar-refractivity contribution in [3.05, 3.63) is 96.6 Å². The van der Waals surface area contributed by atoms with Gasteiger partial charge >= 0.3 is 5.97 Å². The van der Waals surface area contributed by atoms with Crippen LogP contribution >= 0.6 is 0 Å². The highest BCUT2D eigenvalue weighted by Gasteiger charge is 2.19. The van der Waals surface area contributed by atoms with Gasteiger partial charge in [0.1, 0.15) is 16.8 Å². The second-order valence-electron chi connectivity index (χ2n) is 8.57. The maximum absolute atomic E-state index is 13.2. The Morgan fingerprint density at radius 3 is 2.17 bits per heavy atom. The van der Waals surface area contributed by atoms with E-state index in [1.165, 1.54) is 18.2 Å². The number of benzene rings is 2. The maximum atomic E-state index is 13.2. The first kappa shape index (κ1) is 28.1. The number of allylic oxidation sites excluding steroid dienone is 1. The number of carbonyl (C=O) groups excluding carboxylic acids is 2. The molecule has 0 bridgehead atoms. The summed E-state index contributed by atoms with van der Waals surface area (Å²) in [6.45, 7) is -1.61. The number of hydrogen-bond acceptors (Lipinski definition) is 9. The van der Waals surface area contributed by atoms with E-state index < -0.39 is 46.8 Å². The van der Waals surface area contributed by atoms with Crippen molar-refractivity contribution in [2.24, 2.45) is 0 Å². The first-order valence-electron chi connectivity index (χ1n) is 12.0. The zero-order valence-electron chi connectivity index (χ0n) is 21.6. The topological polar surface area (TPSA) is 161 Å². The number of para-hydroxylation sites is 1. The molecule has 0 aliphatic carbocycles. The molecule has 0 spiro atoms. The summed E-state index contributed by atoms with van der Waals surface area (Å²) < 4.78 is 10.5. The molecule has 0 atom stereocenters. The molecule has 1 aromatic heterocycles. The Kier molecular flexibility index (Phi) is 8.39. The lowest BCUT2D eigenvalue weighted by Crippen LogP contribution is -2.59. The number of anilines is 2. The lowest BCUT2D eigenvalue weighted by molar-refractivity contribution is -0.132. The minimum Gasteiger partial charge on any atom is -0.477 e. The van der Waals surface area contributed by atoms with Crippen molar-refractivity contribution in [2.45, 2.75) is 13.5 Å². The van der Waals surface area contributed by atoms with Crippen molar-refractivity contribution in [3.8, 4) is 6.07 Å². The molecule has 206 valence electrons. The number of nitrogens with zero attached hydrogens (tertiary/aromatic N) is 4. The Labute approximate surface area is 231 Å². The summed E-state index contributed by atoms with van der Waals surface area (Å²) in [5, 5.41) is 18.4. The standard InChI is InChI=1S/C29H22N4O8/c1-31-24-8-3-2-6-20(24)10-11-21-13-19(9-12-25(21)31)5-4-7-22-27(36)32(15-40-17-34)26(23(14-30)29(38)39)33(28(22)37)16-41-18-35/h2-13,17-18H,15-16H2,1H3,(H,38,39)/b5-4+,22-7?,26-23?. The third-order valence-corrected chi connectivity index (χ3v) is 6.26. The summed E-state index contributed by atoms with van der Waals surface area (Å²) in [5.74, 6) is -1.76. The third-order valence-electron chi connectivity index (χ3n) is 6.26. The molecule has 0 saturated heterocycles. The summed E-state index contributed by atoms with van der Waals surface area (Å²) in [4.78, 5) is 61.9. The van der Waals surface area contributed by atoms with Crippen LogP contribution in [0.4, 0.5) is 11.4 Å². The maximum Gasteiger partial charge on any atom is 0.350 e. The fraction of sp³-hybridized carbons (Fsp3) is 0.103. The molecule has 1 N–H and O–H groups in total. The first-order chi connectivity index (χ1) is 19.8. The van der Waals surface area contributed by atoms with Crippen LogP contribution in [0.15, 0.2) is 58.1 Å². The van der Waals surface area contributed by atoms with Gasteiger partial charge in [0, 0.05) is 18.4 Å². The van der Waals surface area contributed by atoms with Gasteiger partial charge in [0.25, 0.3) is 24.1 Å². The highest BCUT2D eigenvalue weighted by Crippen LogP contribution is 2.35. The number of nitriles is 1. The largest absolute Gasteiger partial charge is 0.477 e. The van der Waals surface area contributed by atoms with Crippen molar-refractivity contribution in [3.63, 3.8) is 0 Å². The van der Waals surface area contributed by atoms with Crippen molar-refractivity contribution in [1.29, 1.82) is 5.26 Å². The van der Waals surface area contributed by atoms with E-state index in [4.69, 9.17) is 0 Å². The van der Waals surface area contributed by atoms with Crippen LogP contribution in [0.25, 0.3) is 29.9 Å². The molecule has 3 aromatic rings. The van der Waals surface area contributed by atoms with Crippen LogP contribution in [0.3, 0.4) is 0 Å². The summed E-state index contributed by atoms with van der Waals surface area (Å²) in [7, 11) is 1.97. The molecular formula is C29H22N4O8. The summed E-state index contributed by atoms with van der Waals surface area (Å²) in [6, 6.07) is 15.1. The molecule has 1 aliphatic heterocycles. The average molecular weight is 555 g/mol. The molecule has 2 aromatic carbocycles. The van der Waals surface area contributed by atoms with Gasteiger partial charge in [0.2, 0.25) is 0 Å². The lowest BCUT2D eigenvalue weighted by atomic mass is 10.1. The van der Waals surface area contributed by atoms with Crippen LogP contribution < -0.4 is 26.7 Å². The predicted molar refractivity (Wildman–Crippen MR) is 149 cm³/mol. The van der Waals surface area contributed by atoms with Crippen LogP contribution in [-0.4, -0.2) is 40.2 Å². The Hall–Kier alpha value is -5.96. The van der Waals surface area contributed by atoms with E-state index in [-0.39, 0.29) is 12.9 Å². The van der Waals surface area contributed by atoms with Gasteiger partial charge in [-0.25, -0.2) is 4.79 Å². The van der Waals surface area contributed by atoms with Crippen LogP contribution in [-0.2, 0) is 37.3 Å². The second kappa shape index (κ2) is 12.3. The molecule has 0 radical (unpaired) electrons. The summed E-state index contributed by atoms with van der Waals surface area (Å²) in [5.41, 5.74) is 0.997. The summed E-state index contributed by atoms with van der Waals surface area (Å²) in [6.07, 6.45) is 8.29. The van der Waals surface area contributed by atoms with Gasteiger partial charge in [-0.1, -0.05) is 48.6 Å². The van der Waals surface area contributed by atoms with Crippen LogP contribution in [0.2, 0.25) is 0 Å². The van der Waals surface area contributed by atoms with Crippen molar-refractivity contribution in [2.75, 3.05) is 11.9 Å². The van der Waals surface area contributed by atoms with Gasteiger partial charge in [0.05, 0.1) is 0 Å². The van der Waals surface area contributed by atoms with Gasteiger partial charge < -0.3 is 19.5 Å². The number of ether oxygens (including phenoxy) is 2. The smallest absolute Gasteiger partial charge is 0.350 e. The zero-order valence-corrected chi connectivity index (χ0v) is 21.6. The van der Waals surface area contributed by atoms with Gasteiger partial charge in [-0.15, -0.1) is 0 Å². The van der Waals surface area contributed by atoms with Crippen LogP contribution in [0.5, 0.6) is 0 Å². The number of carbonyl (C=O) groups is 3. The molecule has 41 heavy (non-hydrogen) atoms. The van der Waals surface area contributed by atoms with Crippen molar-refractivity contribution < 1.29 is 29.0 Å². The van der Waals surface area contributed by atoms with Crippen LogP contribution in [0.1, 0.15) is 16.7 Å². The number of carboxylic acids is 1. The number of aliphatic carboxylic acids is 1. The molecule has 0 saturated carbocycles. The monoisotopic (exact) mass is 554 g/mol. The van der Waals surface area contributed by atoms with E-state index in [1.807, 2.05) is 61.7 Å². The predicted octanol–water partition coefficient (Wildman–Crippen LogP) is 0.775. The minimum absolute atomic E-state index is 0.00635. The molecule has 0 amide bonds. The van der Waals surface area contributed by atoms with E-state index >= 15 is 0 Å². The zero-order chi connectivity index (χ0) is 29.5. The fourth-order valence-corrected chi connectivity index (χ4v) is 4.39. The summed E-state index contributed by atoms with van der Waals surface area (Å²) >= 11 is 0. The number of fused-ring (bicyclic) bond motifs is 2. The SMILES string of the molecule is CN1c2ccccc2C=Cc2cc(/C=C/C=c3c(=O)n(COC=O)c(=C(C#N)C(=O)O)n(COC=O)c3=O)ccc21. The van der Waals surface area contributed by atoms with Crippen molar-refractivity contribution >= 4 is 60.2 Å². The van der Waals surface area contributed by atoms with E-state index in [1.54, 1.807) is 6.08 Å². The Balaban J connectivity index is 1.86. The molecule has 12 heteroatoms. The van der Waals surface area contributed by atoms with E-state index in [9.17, 15) is 34.3 Å². The molecule has 0 unspecified atom stereocenters. The Morgan fingerprint density at radius 2 is 1.56 bits per heavy atom. The first-order valence-corrected chi connectivity index (χ1v) is 12.0. The molecule has 0 fully saturated rings. The fourth-order valence-electron chi connectivity index (χ4n) is 4.39. The molecular weight excluding hydrogens is 532 g/mol. The Morgan fingerprint density at radius 1 is 0.951 bits per heavy atom. The number of aromatic nitrogens is 2. The van der Waals surface area contributed by atoms with Gasteiger partial charge in [0.15, 0.2) is 19.0 Å². The number of carboxylic acid groups (broad SMARTS) is 1. The van der Waals surface area contributed by atoms with E-state index in [0.29, 0.717) is 9.13 Å². The molecule has 1 aliphatic rings. The lowest BCUT2D eigenvalue weighted by Gasteiger charge is -2.22. The average Bonchev–Trinajstić information content (AvgIpc) is 3.10. The van der Waals surface area contributed by atoms with Gasteiger partial charge in [-0.05, 0) is 41.0 Å². The van der Waals surface area contributed by atoms with Gasteiger partial charge in [-0.3, -0.25) is 28.3 Å². The molecule has 12 nitrogen and oxygen atoms in total. The molecule has 2 heterocycles. The van der Waals surface area contributed by atoms with E-state index in [2.05, 4.69) is 14.4 Å². The highest BCUT2D eigenvalue weighted by molar-refractivity contribution is 6.13. The van der Waals surface area contributed by atoms with Crippen molar-refractivity contribution in [1.82, 2.24) is 9.13 Å². The minimum atomic E-state index is -1.76. The van der Waals surface area contributed by atoms with E-state index in [0.717, 1.165) is 28.1 Å². The number of rotatable bonds is 9. The van der Waals surface area contributed by atoms with Crippen LogP contribution in [0, 0.1) is 11.3 Å². The number of hydrogen-bond donors (Lipinski definition) is 1. The third kappa shape index (κ3) is 5.59. The normalized spacial score (nSPS) is 11.6.